The van der Waals surface area contributed by atoms with Crippen molar-refractivity contribution < 1.29 is 24.2 Å². The van der Waals surface area contributed by atoms with Gasteiger partial charge in [-0.25, -0.2) is 14.6 Å². The Morgan fingerprint density at radius 2 is 1.66 bits per heavy atom. The van der Waals surface area contributed by atoms with Crippen LogP contribution in [0.1, 0.15) is 51.3 Å². The summed E-state index contributed by atoms with van der Waals surface area (Å²) in [6.45, 7) is 5.49. The second-order valence-electron chi connectivity index (χ2n) is 8.74. The minimum Gasteiger partial charge on any atom is -0.477 e. The molecule has 0 saturated heterocycles. The third-order valence-electron chi connectivity index (χ3n) is 6.02. The summed E-state index contributed by atoms with van der Waals surface area (Å²) < 4.78 is 5.57. The summed E-state index contributed by atoms with van der Waals surface area (Å²) in [6.07, 6.45) is -0.668. The first kappa shape index (κ1) is 24.4. The number of hydrogen-bond acceptors (Lipinski definition) is 6. The number of hydrogen-bond donors (Lipinski definition) is 3. The van der Waals surface area contributed by atoms with E-state index in [1.54, 1.807) is 6.92 Å². The van der Waals surface area contributed by atoms with Crippen LogP contribution < -0.4 is 10.6 Å². The summed E-state index contributed by atoms with van der Waals surface area (Å²) in [7, 11) is 0. The lowest BCUT2D eigenvalue weighted by atomic mass is 9.98. The molecule has 0 bridgehead atoms. The second-order valence-corrected chi connectivity index (χ2v) is 9.82. The molecular weight excluding hydrogens is 466 g/mol. The van der Waals surface area contributed by atoms with Gasteiger partial charge < -0.3 is 20.5 Å². The van der Waals surface area contributed by atoms with E-state index in [0.717, 1.165) is 33.6 Å². The molecule has 1 aromatic heterocycles. The number of alkyl carbamates (subject to hydrolysis) is 1. The number of aromatic nitrogens is 1. The lowest BCUT2D eigenvalue weighted by Gasteiger charge is -2.22. The summed E-state index contributed by atoms with van der Waals surface area (Å²) in [5.41, 5.74) is 4.90. The normalized spacial score (nSPS) is 13.1. The highest BCUT2D eigenvalue weighted by atomic mass is 32.1. The number of carboxylic acids is 1. The Morgan fingerprint density at radius 3 is 2.20 bits per heavy atom. The minimum atomic E-state index is -1.05. The van der Waals surface area contributed by atoms with Gasteiger partial charge in [-0.15, -0.1) is 11.3 Å². The zero-order valence-electron chi connectivity index (χ0n) is 19.7. The maximum absolute atomic E-state index is 12.8. The van der Waals surface area contributed by atoms with Crippen molar-refractivity contribution in [2.24, 2.45) is 5.92 Å². The van der Waals surface area contributed by atoms with Crippen LogP contribution in [0, 0.1) is 12.8 Å². The summed E-state index contributed by atoms with van der Waals surface area (Å²) in [5, 5.41) is 15.1. The van der Waals surface area contributed by atoms with Crippen molar-refractivity contribution in [2.45, 2.75) is 39.3 Å². The first-order valence-corrected chi connectivity index (χ1v) is 12.2. The highest BCUT2D eigenvalue weighted by Gasteiger charge is 2.30. The van der Waals surface area contributed by atoms with Gasteiger partial charge in [-0.05, 0) is 35.1 Å². The number of carboxylic acid groups (broad SMARTS) is 1. The van der Waals surface area contributed by atoms with Crippen molar-refractivity contribution in [3.63, 3.8) is 0 Å². The third kappa shape index (κ3) is 5.19. The number of carbonyl (C=O) groups is 3. The number of ether oxygens (including phenoxy) is 1. The van der Waals surface area contributed by atoms with Crippen molar-refractivity contribution in [3.05, 3.63) is 75.2 Å². The molecule has 35 heavy (non-hydrogen) atoms. The molecule has 182 valence electrons. The standard InChI is InChI=1S/C26H27N3O5S/c1-14(2)22(24(30)27-12-21-28-15(3)23(35-21)25(31)32)29-26(33)34-13-20-18-10-6-4-8-16(18)17-9-5-7-11-19(17)20/h4-11,14,20,22H,12-13H2,1-3H3,(H,27,30)(H,29,33)(H,31,32). The molecule has 1 atom stereocenters. The SMILES string of the molecule is Cc1nc(CNC(=O)C(NC(=O)OCC2c3ccccc3-c3ccccc32)C(C)C)sc1C(=O)O. The molecule has 4 rings (SSSR count). The van der Waals surface area contributed by atoms with Gasteiger partial charge in [0.25, 0.3) is 0 Å². The van der Waals surface area contributed by atoms with E-state index in [0.29, 0.717) is 10.7 Å². The molecule has 2 amide bonds. The first-order chi connectivity index (χ1) is 16.8. The third-order valence-corrected chi connectivity index (χ3v) is 7.16. The Kier molecular flexibility index (Phi) is 7.16. The van der Waals surface area contributed by atoms with Crippen LogP contribution in [0.25, 0.3) is 11.1 Å². The Balaban J connectivity index is 1.37. The molecule has 3 N–H and O–H groups in total. The van der Waals surface area contributed by atoms with Crippen molar-refractivity contribution in [3.8, 4) is 11.1 Å². The van der Waals surface area contributed by atoms with Crippen molar-refractivity contribution >= 4 is 29.3 Å². The fourth-order valence-electron chi connectivity index (χ4n) is 4.30. The van der Waals surface area contributed by atoms with E-state index in [4.69, 9.17) is 4.74 Å². The maximum Gasteiger partial charge on any atom is 0.407 e. The van der Waals surface area contributed by atoms with E-state index in [1.807, 2.05) is 50.2 Å². The molecule has 1 heterocycles. The number of amides is 2. The Hall–Kier alpha value is -3.72. The quantitative estimate of drug-likeness (QED) is 0.430. The summed E-state index contributed by atoms with van der Waals surface area (Å²) >= 11 is 1.02. The van der Waals surface area contributed by atoms with E-state index >= 15 is 0 Å². The molecule has 0 radical (unpaired) electrons. The van der Waals surface area contributed by atoms with E-state index < -0.39 is 24.0 Å². The number of nitrogens with zero attached hydrogens (tertiary/aromatic N) is 1. The molecule has 0 aliphatic heterocycles. The number of rotatable bonds is 8. The summed E-state index contributed by atoms with van der Waals surface area (Å²) in [6, 6.07) is 15.3. The topological polar surface area (TPSA) is 118 Å². The van der Waals surface area contributed by atoms with Gasteiger partial charge in [0.15, 0.2) is 0 Å². The number of nitrogens with one attached hydrogen (secondary N) is 2. The maximum atomic E-state index is 12.8. The number of benzene rings is 2. The Morgan fingerprint density at radius 1 is 1.06 bits per heavy atom. The average Bonchev–Trinajstić information content (AvgIpc) is 3.37. The Labute approximate surface area is 207 Å². The van der Waals surface area contributed by atoms with Crippen LogP contribution in [-0.2, 0) is 16.1 Å². The average molecular weight is 494 g/mol. The van der Waals surface area contributed by atoms with Crippen LogP contribution in [-0.4, -0.2) is 40.7 Å². The number of fused-ring (bicyclic) bond motifs is 3. The van der Waals surface area contributed by atoms with Gasteiger partial charge >= 0.3 is 12.1 Å². The van der Waals surface area contributed by atoms with Gasteiger partial charge in [0.05, 0.1) is 12.2 Å². The molecule has 8 nitrogen and oxygen atoms in total. The lowest BCUT2D eigenvalue weighted by molar-refractivity contribution is -0.124. The van der Waals surface area contributed by atoms with Crippen molar-refractivity contribution in [1.29, 1.82) is 0 Å². The number of aromatic carboxylic acids is 1. The molecule has 0 saturated carbocycles. The predicted octanol–water partition coefficient (Wildman–Crippen LogP) is 4.33. The van der Waals surface area contributed by atoms with Gasteiger partial charge in [-0.3, -0.25) is 4.79 Å². The highest BCUT2D eigenvalue weighted by Crippen LogP contribution is 2.44. The van der Waals surface area contributed by atoms with E-state index in [-0.39, 0.29) is 29.9 Å². The number of carbonyl (C=O) groups excluding carboxylic acids is 2. The van der Waals surface area contributed by atoms with Crippen molar-refractivity contribution in [2.75, 3.05) is 6.61 Å². The summed E-state index contributed by atoms with van der Waals surface area (Å²) in [4.78, 5) is 41.0. The molecule has 1 aliphatic rings. The monoisotopic (exact) mass is 493 g/mol. The van der Waals surface area contributed by atoms with Crippen LogP contribution in [0.4, 0.5) is 4.79 Å². The van der Waals surface area contributed by atoms with Gasteiger partial charge in [0.1, 0.15) is 22.5 Å². The molecule has 1 aliphatic carbocycles. The molecule has 9 heteroatoms. The summed E-state index contributed by atoms with van der Waals surface area (Å²) in [5.74, 6) is -1.70. The van der Waals surface area contributed by atoms with E-state index in [1.165, 1.54) is 0 Å². The van der Waals surface area contributed by atoms with Crippen LogP contribution in [0.5, 0.6) is 0 Å². The van der Waals surface area contributed by atoms with Crippen molar-refractivity contribution in [1.82, 2.24) is 15.6 Å². The van der Waals surface area contributed by atoms with Gasteiger partial charge in [0.2, 0.25) is 5.91 Å². The fourth-order valence-corrected chi connectivity index (χ4v) is 5.14. The van der Waals surface area contributed by atoms with Gasteiger partial charge in [-0.1, -0.05) is 62.4 Å². The zero-order valence-corrected chi connectivity index (χ0v) is 20.5. The van der Waals surface area contributed by atoms with Crippen LogP contribution in [0.15, 0.2) is 48.5 Å². The van der Waals surface area contributed by atoms with E-state index in [9.17, 15) is 19.5 Å². The van der Waals surface area contributed by atoms with Gasteiger partial charge in [-0.2, -0.15) is 0 Å². The lowest BCUT2D eigenvalue weighted by Crippen LogP contribution is -2.49. The zero-order chi connectivity index (χ0) is 25.1. The molecule has 2 aromatic carbocycles. The van der Waals surface area contributed by atoms with Gasteiger partial charge in [0, 0.05) is 5.92 Å². The molecule has 1 unspecified atom stereocenters. The molecule has 0 fully saturated rings. The van der Waals surface area contributed by atoms with Crippen LogP contribution in [0.2, 0.25) is 0 Å². The molecule has 0 spiro atoms. The number of thiazole rings is 1. The first-order valence-electron chi connectivity index (χ1n) is 11.3. The smallest absolute Gasteiger partial charge is 0.407 e. The second kappa shape index (κ2) is 10.3. The van der Waals surface area contributed by atoms with Crippen LogP contribution in [0.3, 0.4) is 0 Å². The van der Waals surface area contributed by atoms with E-state index in [2.05, 4.69) is 27.8 Å². The molecular formula is C26H27N3O5S. The number of aryl methyl sites for hydroxylation is 1. The van der Waals surface area contributed by atoms with Crippen LogP contribution >= 0.6 is 11.3 Å². The highest BCUT2D eigenvalue weighted by molar-refractivity contribution is 7.13. The largest absolute Gasteiger partial charge is 0.477 e. The Bertz CT molecular complexity index is 1220. The molecule has 3 aromatic rings. The minimum absolute atomic E-state index is 0.0731. The fraction of sp³-hybridized carbons (Fsp3) is 0.308. The predicted molar refractivity (Wildman–Crippen MR) is 132 cm³/mol.